The van der Waals surface area contributed by atoms with Crippen LogP contribution in [0.15, 0.2) is 4.47 Å². The van der Waals surface area contributed by atoms with Crippen molar-refractivity contribution in [2.75, 3.05) is 6.61 Å². The van der Waals surface area contributed by atoms with Crippen molar-refractivity contribution < 1.29 is 9.53 Å². The summed E-state index contributed by atoms with van der Waals surface area (Å²) in [5, 5.41) is 4.23. The van der Waals surface area contributed by atoms with Gasteiger partial charge in [-0.05, 0) is 42.1 Å². The van der Waals surface area contributed by atoms with Gasteiger partial charge in [0.25, 0.3) is 0 Å². The molecule has 15 heavy (non-hydrogen) atoms. The Labute approximate surface area is 96.7 Å². The summed E-state index contributed by atoms with van der Waals surface area (Å²) in [4.78, 5) is 10.7. The van der Waals surface area contributed by atoms with Gasteiger partial charge < -0.3 is 4.74 Å². The highest BCUT2D eigenvalue weighted by Crippen LogP contribution is 2.27. The molecule has 0 spiro atoms. The summed E-state index contributed by atoms with van der Waals surface area (Å²) in [6, 6.07) is 0. The summed E-state index contributed by atoms with van der Waals surface area (Å²) < 4.78 is 8.19. The molecule has 0 bridgehead atoms. The molecule has 0 aromatic carbocycles. The number of halogens is 1. The standard InChI is InChI=1S/C10H13BrN2O2/c1-7-10(11)8(6-14)12-13(7)9-4-2-3-5-15-9/h6,9H,2-5H2,1H3. The second kappa shape index (κ2) is 4.45. The maximum absolute atomic E-state index is 10.7. The summed E-state index contributed by atoms with van der Waals surface area (Å²) in [5.41, 5.74) is 1.39. The van der Waals surface area contributed by atoms with Crippen LogP contribution in [0.1, 0.15) is 41.7 Å². The quantitative estimate of drug-likeness (QED) is 0.777. The van der Waals surface area contributed by atoms with Crippen molar-refractivity contribution in [3.05, 3.63) is 15.9 Å². The van der Waals surface area contributed by atoms with E-state index >= 15 is 0 Å². The normalized spacial score (nSPS) is 21.6. The first-order valence-electron chi connectivity index (χ1n) is 5.05. The molecule has 1 saturated heterocycles. The molecule has 1 aromatic rings. The van der Waals surface area contributed by atoms with E-state index in [2.05, 4.69) is 21.0 Å². The van der Waals surface area contributed by atoms with Gasteiger partial charge in [-0.1, -0.05) is 0 Å². The third-order valence-electron chi connectivity index (χ3n) is 2.64. The second-order valence-corrected chi connectivity index (χ2v) is 4.46. The number of hydrogen-bond donors (Lipinski definition) is 0. The molecule has 0 N–H and O–H groups in total. The first-order chi connectivity index (χ1) is 7.24. The van der Waals surface area contributed by atoms with E-state index in [9.17, 15) is 4.79 Å². The van der Waals surface area contributed by atoms with Gasteiger partial charge in [0.1, 0.15) is 5.69 Å². The number of nitrogens with zero attached hydrogens (tertiary/aromatic N) is 2. The minimum Gasteiger partial charge on any atom is -0.357 e. The van der Waals surface area contributed by atoms with Gasteiger partial charge in [0.2, 0.25) is 0 Å². The first kappa shape index (κ1) is 10.8. The Morgan fingerprint density at radius 1 is 1.60 bits per heavy atom. The molecule has 0 saturated carbocycles. The Hall–Kier alpha value is -0.680. The highest BCUT2D eigenvalue weighted by molar-refractivity contribution is 9.10. The molecule has 2 rings (SSSR count). The van der Waals surface area contributed by atoms with Crippen LogP contribution in [0.4, 0.5) is 0 Å². The zero-order chi connectivity index (χ0) is 10.8. The lowest BCUT2D eigenvalue weighted by molar-refractivity contribution is -0.0407. The van der Waals surface area contributed by atoms with Crippen LogP contribution in [0.3, 0.4) is 0 Å². The Kier molecular flexibility index (Phi) is 3.21. The number of rotatable bonds is 2. The van der Waals surface area contributed by atoms with E-state index in [4.69, 9.17) is 4.74 Å². The zero-order valence-electron chi connectivity index (χ0n) is 8.57. The van der Waals surface area contributed by atoms with Gasteiger partial charge in [0.15, 0.2) is 12.5 Å². The second-order valence-electron chi connectivity index (χ2n) is 3.67. The van der Waals surface area contributed by atoms with Crippen molar-refractivity contribution in [1.82, 2.24) is 9.78 Å². The molecular formula is C10H13BrN2O2. The Balaban J connectivity index is 2.30. The molecule has 1 aromatic heterocycles. The van der Waals surface area contributed by atoms with Crippen molar-refractivity contribution in [2.24, 2.45) is 0 Å². The molecule has 1 fully saturated rings. The van der Waals surface area contributed by atoms with Gasteiger partial charge in [0.05, 0.1) is 10.2 Å². The zero-order valence-corrected chi connectivity index (χ0v) is 10.2. The maximum Gasteiger partial charge on any atom is 0.171 e. The van der Waals surface area contributed by atoms with Crippen LogP contribution in [-0.2, 0) is 4.74 Å². The number of ether oxygens (including phenoxy) is 1. The van der Waals surface area contributed by atoms with Crippen LogP contribution in [0, 0.1) is 6.92 Å². The molecule has 82 valence electrons. The molecule has 0 amide bonds. The molecule has 5 heteroatoms. The molecule has 1 aliphatic rings. The molecule has 0 radical (unpaired) electrons. The smallest absolute Gasteiger partial charge is 0.171 e. The van der Waals surface area contributed by atoms with Crippen LogP contribution in [0.25, 0.3) is 0 Å². The highest BCUT2D eigenvalue weighted by Gasteiger charge is 2.21. The Bertz CT molecular complexity index is 370. The summed E-state index contributed by atoms with van der Waals surface area (Å²) >= 11 is 3.36. The predicted octanol–water partition coefficient (Wildman–Crippen LogP) is 2.47. The molecule has 1 unspecified atom stereocenters. The van der Waals surface area contributed by atoms with Crippen molar-refractivity contribution in [2.45, 2.75) is 32.4 Å². The summed E-state index contributed by atoms with van der Waals surface area (Å²) in [7, 11) is 0. The van der Waals surface area contributed by atoms with Gasteiger partial charge in [0, 0.05) is 6.61 Å². The van der Waals surface area contributed by atoms with Crippen LogP contribution in [-0.4, -0.2) is 22.7 Å². The molecule has 0 aliphatic carbocycles. The van der Waals surface area contributed by atoms with Crippen LogP contribution in [0.5, 0.6) is 0 Å². The molecule has 2 heterocycles. The Morgan fingerprint density at radius 3 is 2.93 bits per heavy atom. The highest BCUT2D eigenvalue weighted by atomic mass is 79.9. The van der Waals surface area contributed by atoms with Crippen LogP contribution < -0.4 is 0 Å². The largest absolute Gasteiger partial charge is 0.357 e. The van der Waals surface area contributed by atoms with Crippen molar-refractivity contribution in [1.29, 1.82) is 0 Å². The summed E-state index contributed by atoms with van der Waals surface area (Å²) in [6.45, 7) is 2.71. The fraction of sp³-hybridized carbons (Fsp3) is 0.600. The van der Waals surface area contributed by atoms with Crippen LogP contribution in [0.2, 0.25) is 0 Å². The third-order valence-corrected chi connectivity index (χ3v) is 3.62. The van der Waals surface area contributed by atoms with Crippen molar-refractivity contribution >= 4 is 22.2 Å². The summed E-state index contributed by atoms with van der Waals surface area (Å²) in [6.07, 6.45) is 3.98. The van der Waals surface area contributed by atoms with E-state index in [0.29, 0.717) is 5.69 Å². The maximum atomic E-state index is 10.7. The van der Waals surface area contributed by atoms with E-state index in [0.717, 1.165) is 42.3 Å². The lowest BCUT2D eigenvalue weighted by atomic mass is 10.2. The van der Waals surface area contributed by atoms with Gasteiger partial charge >= 0.3 is 0 Å². The topological polar surface area (TPSA) is 44.1 Å². The van der Waals surface area contributed by atoms with Gasteiger partial charge in [-0.15, -0.1) is 0 Å². The van der Waals surface area contributed by atoms with E-state index in [1.54, 1.807) is 4.68 Å². The van der Waals surface area contributed by atoms with Gasteiger partial charge in [-0.2, -0.15) is 5.10 Å². The fourth-order valence-electron chi connectivity index (χ4n) is 1.79. The van der Waals surface area contributed by atoms with E-state index in [1.165, 1.54) is 0 Å². The molecular weight excluding hydrogens is 260 g/mol. The van der Waals surface area contributed by atoms with Gasteiger partial charge in [-0.25, -0.2) is 4.68 Å². The number of aldehydes is 1. The minimum atomic E-state index is -0.0104. The number of carbonyl (C=O) groups excluding carboxylic acids is 1. The number of hydrogen-bond acceptors (Lipinski definition) is 3. The number of aromatic nitrogens is 2. The molecule has 4 nitrogen and oxygen atoms in total. The molecule has 1 aliphatic heterocycles. The van der Waals surface area contributed by atoms with E-state index in [1.807, 2.05) is 6.92 Å². The first-order valence-corrected chi connectivity index (χ1v) is 5.84. The van der Waals surface area contributed by atoms with Crippen molar-refractivity contribution in [3.8, 4) is 0 Å². The van der Waals surface area contributed by atoms with Gasteiger partial charge in [-0.3, -0.25) is 4.79 Å². The average molecular weight is 273 g/mol. The minimum absolute atomic E-state index is 0.0104. The monoisotopic (exact) mass is 272 g/mol. The average Bonchev–Trinajstić information content (AvgIpc) is 2.57. The molecule has 1 atom stereocenters. The lowest BCUT2D eigenvalue weighted by Crippen LogP contribution is -2.20. The SMILES string of the molecule is Cc1c(Br)c(C=O)nn1C1CCCCO1. The van der Waals surface area contributed by atoms with E-state index < -0.39 is 0 Å². The fourth-order valence-corrected chi connectivity index (χ4v) is 2.15. The third kappa shape index (κ3) is 1.99. The Morgan fingerprint density at radius 2 is 2.40 bits per heavy atom. The van der Waals surface area contributed by atoms with Crippen LogP contribution >= 0.6 is 15.9 Å². The summed E-state index contributed by atoms with van der Waals surface area (Å²) in [5.74, 6) is 0. The van der Waals surface area contributed by atoms with Crippen molar-refractivity contribution in [3.63, 3.8) is 0 Å². The number of carbonyl (C=O) groups is 1. The predicted molar refractivity (Wildman–Crippen MR) is 58.9 cm³/mol. The van der Waals surface area contributed by atoms with E-state index in [-0.39, 0.29) is 6.23 Å². The lowest BCUT2D eigenvalue weighted by Gasteiger charge is -2.23.